The molecule has 1 unspecified atom stereocenters. The van der Waals surface area contributed by atoms with Crippen LogP contribution >= 0.6 is 0 Å². The molecule has 150 valence electrons. The predicted molar refractivity (Wildman–Crippen MR) is 120 cm³/mol. The van der Waals surface area contributed by atoms with E-state index in [1.807, 2.05) is 0 Å². The second-order valence-electron chi connectivity index (χ2n) is 8.30. The van der Waals surface area contributed by atoms with E-state index in [2.05, 4.69) is 94.0 Å². The van der Waals surface area contributed by atoms with Crippen LogP contribution in [0.5, 0.6) is 0 Å². The van der Waals surface area contributed by atoms with Gasteiger partial charge in [0.15, 0.2) is 0 Å². The van der Waals surface area contributed by atoms with E-state index in [0.717, 1.165) is 45.6 Å². The first-order chi connectivity index (χ1) is 14.3. The van der Waals surface area contributed by atoms with Gasteiger partial charge in [-0.15, -0.1) is 0 Å². The van der Waals surface area contributed by atoms with Crippen molar-refractivity contribution in [2.24, 2.45) is 0 Å². The molecule has 2 aromatic rings. The molecule has 29 heavy (non-hydrogen) atoms. The van der Waals surface area contributed by atoms with Crippen molar-refractivity contribution in [2.75, 3.05) is 39.8 Å². The summed E-state index contributed by atoms with van der Waals surface area (Å²) in [6, 6.07) is 19.6. The van der Waals surface area contributed by atoms with Crippen LogP contribution in [0.1, 0.15) is 23.1 Å². The number of nitrogens with one attached hydrogen (secondary N) is 1. The Kier molecular flexibility index (Phi) is 5.23. The fourth-order valence-electron chi connectivity index (χ4n) is 4.92. The molecule has 3 aliphatic rings. The summed E-state index contributed by atoms with van der Waals surface area (Å²) in [6.45, 7) is 5.68. The van der Waals surface area contributed by atoms with Crippen LogP contribution < -0.4 is 5.43 Å². The van der Waals surface area contributed by atoms with Crippen LogP contribution in [0.4, 0.5) is 0 Å². The summed E-state index contributed by atoms with van der Waals surface area (Å²) in [5.41, 5.74) is 10.6. The molecule has 1 N–H and O–H groups in total. The standard InChI is InChI=1S/C25H30N4/c1-27-25(23-13-7-11-21-10-5-6-12-22(21)24(23)26-27)29-18-16-28(17-19-29)15-14-20-8-3-2-4-9-20/h2-12,25-26H,13-19H2,1H3. The molecule has 0 aromatic heterocycles. The number of benzene rings is 2. The van der Waals surface area contributed by atoms with E-state index in [0.29, 0.717) is 6.17 Å². The van der Waals surface area contributed by atoms with Gasteiger partial charge in [-0.3, -0.25) is 4.90 Å². The van der Waals surface area contributed by atoms with Crippen molar-refractivity contribution in [1.82, 2.24) is 20.2 Å². The molecule has 5 rings (SSSR count). The Labute approximate surface area is 174 Å². The van der Waals surface area contributed by atoms with E-state index in [9.17, 15) is 0 Å². The fourth-order valence-corrected chi connectivity index (χ4v) is 4.92. The molecular formula is C25H30N4. The number of hydrogen-bond donors (Lipinski definition) is 1. The molecule has 0 spiro atoms. The van der Waals surface area contributed by atoms with Crippen LogP contribution in [-0.2, 0) is 6.42 Å². The highest BCUT2D eigenvalue weighted by Gasteiger charge is 2.36. The zero-order valence-electron chi connectivity index (χ0n) is 17.2. The van der Waals surface area contributed by atoms with Crippen molar-refractivity contribution in [3.8, 4) is 0 Å². The minimum atomic E-state index is 0.345. The van der Waals surface area contributed by atoms with Crippen LogP contribution in [0.3, 0.4) is 0 Å². The zero-order valence-corrected chi connectivity index (χ0v) is 17.2. The van der Waals surface area contributed by atoms with Crippen molar-refractivity contribution in [3.05, 3.63) is 82.9 Å². The van der Waals surface area contributed by atoms with Gasteiger partial charge in [-0.25, -0.2) is 5.01 Å². The van der Waals surface area contributed by atoms with Crippen molar-refractivity contribution in [3.63, 3.8) is 0 Å². The van der Waals surface area contributed by atoms with Crippen molar-refractivity contribution >= 4 is 11.8 Å². The van der Waals surface area contributed by atoms with E-state index < -0.39 is 0 Å². The Morgan fingerprint density at radius 3 is 2.52 bits per heavy atom. The van der Waals surface area contributed by atoms with Gasteiger partial charge in [-0.2, -0.15) is 0 Å². The molecule has 2 aromatic carbocycles. The monoisotopic (exact) mass is 386 g/mol. The summed E-state index contributed by atoms with van der Waals surface area (Å²) in [5, 5.41) is 2.31. The van der Waals surface area contributed by atoms with Gasteiger partial charge >= 0.3 is 0 Å². The lowest BCUT2D eigenvalue weighted by molar-refractivity contribution is 0.0356. The molecule has 0 saturated carbocycles. The summed E-state index contributed by atoms with van der Waals surface area (Å²) >= 11 is 0. The first-order valence-corrected chi connectivity index (χ1v) is 10.8. The molecule has 2 aliphatic heterocycles. The Bertz CT molecular complexity index is 909. The minimum Gasteiger partial charge on any atom is -0.317 e. The van der Waals surface area contributed by atoms with E-state index in [1.54, 1.807) is 0 Å². The molecule has 2 heterocycles. The lowest BCUT2D eigenvalue weighted by atomic mass is 10.0. The first kappa shape index (κ1) is 18.6. The van der Waals surface area contributed by atoms with Gasteiger partial charge in [0.2, 0.25) is 0 Å². The Hall–Kier alpha value is -2.40. The normalized spacial score (nSPS) is 22.9. The quantitative estimate of drug-likeness (QED) is 0.869. The van der Waals surface area contributed by atoms with Gasteiger partial charge in [0, 0.05) is 45.3 Å². The average molecular weight is 387 g/mol. The molecular weight excluding hydrogens is 356 g/mol. The maximum Gasteiger partial charge on any atom is 0.105 e. The minimum absolute atomic E-state index is 0.345. The lowest BCUT2D eigenvalue weighted by Gasteiger charge is -2.40. The van der Waals surface area contributed by atoms with Gasteiger partial charge in [0.25, 0.3) is 0 Å². The number of nitrogens with zero attached hydrogens (tertiary/aromatic N) is 3. The number of likely N-dealkylation sites (N-methyl/N-ethyl adjacent to an activating group) is 1. The second kappa shape index (κ2) is 8.15. The average Bonchev–Trinajstić information content (AvgIpc) is 2.99. The summed E-state index contributed by atoms with van der Waals surface area (Å²) in [6.07, 6.45) is 7.10. The number of allylic oxidation sites excluding steroid dienone is 1. The van der Waals surface area contributed by atoms with Crippen LogP contribution in [0.25, 0.3) is 11.8 Å². The Morgan fingerprint density at radius 2 is 1.69 bits per heavy atom. The topological polar surface area (TPSA) is 21.8 Å². The molecule has 1 atom stereocenters. The molecule has 1 aliphatic carbocycles. The third-order valence-electron chi connectivity index (χ3n) is 6.47. The lowest BCUT2D eigenvalue weighted by Crippen LogP contribution is -2.55. The van der Waals surface area contributed by atoms with Gasteiger partial charge < -0.3 is 10.3 Å². The Balaban J connectivity index is 1.26. The number of rotatable bonds is 4. The van der Waals surface area contributed by atoms with Crippen molar-refractivity contribution in [2.45, 2.75) is 19.0 Å². The van der Waals surface area contributed by atoms with Gasteiger partial charge in [-0.05, 0) is 29.5 Å². The second-order valence-corrected chi connectivity index (χ2v) is 8.30. The molecule has 1 saturated heterocycles. The highest BCUT2D eigenvalue weighted by Crippen LogP contribution is 2.35. The molecule has 4 heteroatoms. The van der Waals surface area contributed by atoms with Crippen LogP contribution in [0.15, 0.2) is 66.2 Å². The number of fused-ring (bicyclic) bond motifs is 2. The zero-order chi connectivity index (χ0) is 19.6. The number of hydrogen-bond acceptors (Lipinski definition) is 4. The molecule has 0 radical (unpaired) electrons. The highest BCUT2D eigenvalue weighted by molar-refractivity contribution is 5.79. The third-order valence-corrected chi connectivity index (χ3v) is 6.47. The fraction of sp³-hybridized carbons (Fsp3) is 0.360. The highest BCUT2D eigenvalue weighted by atomic mass is 15.6. The third kappa shape index (κ3) is 3.76. The molecule has 0 amide bonds. The van der Waals surface area contributed by atoms with Gasteiger partial charge in [0.1, 0.15) is 6.17 Å². The molecule has 0 bridgehead atoms. The maximum absolute atomic E-state index is 3.67. The van der Waals surface area contributed by atoms with Gasteiger partial charge in [-0.1, -0.05) is 66.7 Å². The van der Waals surface area contributed by atoms with Crippen molar-refractivity contribution in [1.29, 1.82) is 0 Å². The largest absolute Gasteiger partial charge is 0.317 e. The smallest absolute Gasteiger partial charge is 0.105 e. The number of piperazine rings is 1. The van der Waals surface area contributed by atoms with Crippen LogP contribution in [0.2, 0.25) is 0 Å². The maximum atomic E-state index is 3.67. The SMILES string of the molecule is CN1NC2=C(CC=Cc3ccccc32)C1N1CCN(CCc2ccccc2)CC1. The van der Waals surface area contributed by atoms with E-state index >= 15 is 0 Å². The van der Waals surface area contributed by atoms with E-state index in [1.165, 1.54) is 28.0 Å². The van der Waals surface area contributed by atoms with Crippen LogP contribution in [0, 0.1) is 0 Å². The molecule has 4 nitrogen and oxygen atoms in total. The van der Waals surface area contributed by atoms with Gasteiger partial charge in [0.05, 0.1) is 5.70 Å². The van der Waals surface area contributed by atoms with Crippen LogP contribution in [-0.4, -0.2) is 60.7 Å². The summed E-state index contributed by atoms with van der Waals surface area (Å²) in [5.74, 6) is 0. The van der Waals surface area contributed by atoms with Crippen molar-refractivity contribution < 1.29 is 0 Å². The summed E-state index contributed by atoms with van der Waals surface area (Å²) in [7, 11) is 2.19. The summed E-state index contributed by atoms with van der Waals surface area (Å²) < 4.78 is 0. The molecule has 1 fully saturated rings. The van der Waals surface area contributed by atoms with E-state index in [-0.39, 0.29) is 0 Å². The first-order valence-electron chi connectivity index (χ1n) is 10.8. The predicted octanol–water partition coefficient (Wildman–Crippen LogP) is 3.45. The number of hydrazine groups is 1. The van der Waals surface area contributed by atoms with E-state index in [4.69, 9.17) is 0 Å². The Morgan fingerprint density at radius 1 is 0.931 bits per heavy atom. The summed E-state index contributed by atoms with van der Waals surface area (Å²) in [4.78, 5) is 5.26.